The van der Waals surface area contributed by atoms with Crippen LogP contribution in [0.15, 0.2) is 64.9 Å². The number of carbonyl (C=O) groups is 2. The Hall–Kier alpha value is -3.08. The Bertz CT molecular complexity index is 1350. The molecule has 0 spiro atoms. The van der Waals surface area contributed by atoms with Crippen molar-refractivity contribution in [3.05, 3.63) is 81.8 Å². The minimum Gasteiger partial charge on any atom is -0.324 e. The van der Waals surface area contributed by atoms with Crippen molar-refractivity contribution in [1.82, 2.24) is 9.21 Å². The lowest BCUT2D eigenvalue weighted by Crippen LogP contribution is -2.38. The number of hydrogen-bond acceptors (Lipinski definition) is 5. The first-order chi connectivity index (χ1) is 16.8. The summed E-state index contributed by atoms with van der Waals surface area (Å²) in [6.45, 7) is 0.750. The van der Waals surface area contributed by atoms with E-state index in [1.54, 1.807) is 0 Å². The molecule has 2 aliphatic heterocycles. The van der Waals surface area contributed by atoms with E-state index in [1.165, 1.54) is 63.0 Å². The van der Waals surface area contributed by atoms with Crippen molar-refractivity contribution in [2.24, 2.45) is 0 Å². The van der Waals surface area contributed by atoms with Gasteiger partial charge in [0, 0.05) is 34.8 Å². The average Bonchev–Trinajstić information content (AvgIpc) is 3.35. The van der Waals surface area contributed by atoms with E-state index in [4.69, 9.17) is 0 Å². The zero-order valence-electron chi connectivity index (χ0n) is 18.8. The van der Waals surface area contributed by atoms with Gasteiger partial charge in [0.05, 0.1) is 10.9 Å². The number of sulfonamides is 1. The average molecular weight is 514 g/mol. The molecule has 35 heavy (non-hydrogen) atoms. The highest BCUT2D eigenvalue weighted by Gasteiger charge is 2.35. The summed E-state index contributed by atoms with van der Waals surface area (Å²) in [5, 5.41) is 4.62. The molecule has 2 amide bonds. The first-order valence-electron chi connectivity index (χ1n) is 11.4. The van der Waals surface area contributed by atoms with E-state index in [1.807, 2.05) is 17.5 Å². The van der Waals surface area contributed by atoms with E-state index < -0.39 is 33.7 Å². The van der Waals surface area contributed by atoms with Gasteiger partial charge in [-0.25, -0.2) is 12.8 Å². The molecule has 0 aliphatic carbocycles. The second-order valence-corrected chi connectivity index (χ2v) is 11.5. The molecule has 1 atom stereocenters. The molecule has 1 unspecified atom stereocenters. The van der Waals surface area contributed by atoms with E-state index in [9.17, 15) is 22.4 Å². The molecule has 1 N–H and O–H groups in total. The fraction of sp³-hybridized carbons (Fsp3) is 0.280. The second kappa shape index (κ2) is 9.52. The number of fused-ring (bicyclic) bond motifs is 1. The molecule has 7 nitrogen and oxygen atoms in total. The van der Waals surface area contributed by atoms with Gasteiger partial charge < -0.3 is 10.2 Å². The van der Waals surface area contributed by atoms with E-state index in [-0.39, 0.29) is 17.0 Å². The molecular weight excluding hydrogens is 489 g/mol. The number of carbonyl (C=O) groups excluding carboxylic acids is 2. The molecule has 1 saturated heterocycles. The van der Waals surface area contributed by atoms with Gasteiger partial charge in [0.15, 0.2) is 0 Å². The summed E-state index contributed by atoms with van der Waals surface area (Å²) in [4.78, 5) is 28.6. The van der Waals surface area contributed by atoms with Crippen LogP contribution in [-0.2, 0) is 14.8 Å². The molecule has 3 aromatic rings. The highest BCUT2D eigenvalue weighted by atomic mass is 32.2. The maximum Gasteiger partial charge on any atom is 0.255 e. The summed E-state index contributed by atoms with van der Waals surface area (Å²) in [6, 6.07) is 12.9. The summed E-state index contributed by atoms with van der Waals surface area (Å²) in [5.74, 6) is -1.31. The number of halogens is 1. The number of anilines is 1. The Morgan fingerprint density at radius 1 is 1.03 bits per heavy atom. The van der Waals surface area contributed by atoms with Gasteiger partial charge in [-0.1, -0.05) is 12.5 Å². The van der Waals surface area contributed by atoms with Crippen LogP contribution >= 0.6 is 11.3 Å². The van der Waals surface area contributed by atoms with Crippen LogP contribution in [-0.4, -0.2) is 49.1 Å². The molecule has 2 aromatic carbocycles. The second-order valence-electron chi connectivity index (χ2n) is 8.62. The Balaban J connectivity index is 1.50. The standard InChI is InChI=1S/C25H24FN3O4S2/c26-18-8-11-21-20(15-18)24(22-5-4-14-34-22)29(16-23(30)27-21)25(31)17-6-9-19(10-7-17)35(32,33)28-12-2-1-3-13-28/h4-11,14-15,24H,1-3,12-13,16H2,(H,27,30). The van der Waals surface area contributed by atoms with Crippen molar-refractivity contribution in [3.63, 3.8) is 0 Å². The quantitative estimate of drug-likeness (QED) is 0.565. The summed E-state index contributed by atoms with van der Waals surface area (Å²) in [5.41, 5.74) is 1.18. The van der Waals surface area contributed by atoms with Crippen LogP contribution in [0.2, 0.25) is 0 Å². The lowest BCUT2D eigenvalue weighted by Gasteiger charge is -2.29. The largest absolute Gasteiger partial charge is 0.324 e. The first kappa shape index (κ1) is 23.7. The molecule has 10 heteroatoms. The zero-order chi connectivity index (χ0) is 24.6. The highest BCUT2D eigenvalue weighted by molar-refractivity contribution is 7.89. The third-order valence-corrected chi connectivity index (χ3v) is 9.17. The maximum atomic E-state index is 14.2. The predicted molar refractivity (Wildman–Crippen MR) is 131 cm³/mol. The van der Waals surface area contributed by atoms with Gasteiger partial charge >= 0.3 is 0 Å². The summed E-state index contributed by atoms with van der Waals surface area (Å²) in [7, 11) is -3.63. The van der Waals surface area contributed by atoms with Gasteiger partial charge in [0.25, 0.3) is 5.91 Å². The normalized spacial score (nSPS) is 19.1. The molecular formula is C25H24FN3O4S2. The van der Waals surface area contributed by atoms with Crippen molar-refractivity contribution in [3.8, 4) is 0 Å². The third kappa shape index (κ3) is 4.61. The summed E-state index contributed by atoms with van der Waals surface area (Å²) >= 11 is 1.41. The predicted octanol–water partition coefficient (Wildman–Crippen LogP) is 4.25. The molecule has 2 aliphatic rings. The number of thiophene rings is 1. The molecule has 3 heterocycles. The molecule has 1 aromatic heterocycles. The maximum absolute atomic E-state index is 14.2. The number of rotatable bonds is 4. The molecule has 0 bridgehead atoms. The van der Waals surface area contributed by atoms with Gasteiger partial charge in [-0.2, -0.15) is 4.31 Å². The number of amides is 2. The van der Waals surface area contributed by atoms with Crippen molar-refractivity contribution < 1.29 is 22.4 Å². The smallest absolute Gasteiger partial charge is 0.255 e. The van der Waals surface area contributed by atoms with Crippen LogP contribution in [0, 0.1) is 5.82 Å². The first-order valence-corrected chi connectivity index (χ1v) is 13.7. The van der Waals surface area contributed by atoms with Crippen LogP contribution in [0.4, 0.5) is 10.1 Å². The Kier molecular flexibility index (Phi) is 6.43. The minimum atomic E-state index is -3.63. The molecule has 5 rings (SSSR count). The van der Waals surface area contributed by atoms with Gasteiger partial charge in [-0.05, 0) is 66.8 Å². The fourth-order valence-corrected chi connectivity index (χ4v) is 6.98. The lowest BCUT2D eigenvalue weighted by atomic mass is 10.0. The minimum absolute atomic E-state index is 0.131. The van der Waals surface area contributed by atoms with Gasteiger partial charge in [0.1, 0.15) is 12.4 Å². The Labute approximate surface area is 207 Å². The van der Waals surface area contributed by atoms with Crippen LogP contribution in [0.25, 0.3) is 0 Å². The summed E-state index contributed by atoms with van der Waals surface area (Å²) in [6.07, 6.45) is 2.68. The van der Waals surface area contributed by atoms with E-state index in [0.29, 0.717) is 24.3 Å². The number of benzene rings is 2. The van der Waals surface area contributed by atoms with E-state index in [0.717, 1.165) is 24.1 Å². The van der Waals surface area contributed by atoms with Crippen LogP contribution < -0.4 is 5.32 Å². The third-order valence-electron chi connectivity index (χ3n) is 6.34. The molecule has 0 saturated carbocycles. The van der Waals surface area contributed by atoms with Crippen molar-refractivity contribution in [2.45, 2.75) is 30.2 Å². The van der Waals surface area contributed by atoms with Crippen LogP contribution in [0.3, 0.4) is 0 Å². The SMILES string of the molecule is O=C1CN(C(=O)c2ccc(S(=O)(=O)N3CCCCC3)cc2)C(c2cccs2)c2cc(F)ccc2N1. The van der Waals surface area contributed by atoms with Crippen LogP contribution in [0.5, 0.6) is 0 Å². The fourth-order valence-electron chi connectivity index (χ4n) is 4.61. The molecule has 1 fully saturated rings. The van der Waals surface area contributed by atoms with Gasteiger partial charge in [-0.3, -0.25) is 9.59 Å². The lowest BCUT2D eigenvalue weighted by molar-refractivity contribution is -0.117. The Morgan fingerprint density at radius 2 is 1.77 bits per heavy atom. The van der Waals surface area contributed by atoms with Crippen molar-refractivity contribution in [1.29, 1.82) is 0 Å². The van der Waals surface area contributed by atoms with Gasteiger partial charge in [0.2, 0.25) is 15.9 Å². The zero-order valence-corrected chi connectivity index (χ0v) is 20.4. The van der Waals surface area contributed by atoms with E-state index >= 15 is 0 Å². The highest BCUT2D eigenvalue weighted by Crippen LogP contribution is 2.39. The van der Waals surface area contributed by atoms with Crippen molar-refractivity contribution >= 4 is 38.9 Å². The number of hydrogen-bond donors (Lipinski definition) is 1. The monoisotopic (exact) mass is 513 g/mol. The number of nitrogens with zero attached hydrogens (tertiary/aromatic N) is 2. The topological polar surface area (TPSA) is 86.8 Å². The number of piperidine rings is 1. The van der Waals surface area contributed by atoms with Crippen molar-refractivity contribution in [2.75, 3.05) is 25.0 Å². The van der Waals surface area contributed by atoms with E-state index in [2.05, 4.69) is 5.32 Å². The summed E-state index contributed by atoms with van der Waals surface area (Å²) < 4.78 is 41.7. The molecule has 0 radical (unpaired) electrons. The van der Waals surface area contributed by atoms with Crippen LogP contribution in [0.1, 0.15) is 46.1 Å². The molecule has 182 valence electrons. The Morgan fingerprint density at radius 3 is 2.46 bits per heavy atom. The van der Waals surface area contributed by atoms with Gasteiger partial charge in [-0.15, -0.1) is 11.3 Å². The number of nitrogens with one attached hydrogen (secondary N) is 1.